The summed E-state index contributed by atoms with van der Waals surface area (Å²) in [6.07, 6.45) is 7.78. The number of hydrogen-bond acceptors (Lipinski definition) is 3. The number of hydrazone groups is 1. The van der Waals surface area contributed by atoms with Crippen molar-refractivity contribution in [2.45, 2.75) is 38.1 Å². The lowest BCUT2D eigenvalue weighted by molar-refractivity contribution is 0.412. The van der Waals surface area contributed by atoms with Crippen LogP contribution in [-0.2, 0) is 0 Å². The van der Waals surface area contributed by atoms with Crippen molar-refractivity contribution in [2.75, 3.05) is 0 Å². The number of phenolic OH excluding ortho intramolecular Hbond substituents is 1. The van der Waals surface area contributed by atoms with Crippen LogP contribution in [0, 0.1) is 0 Å². The predicted molar refractivity (Wildman–Crippen MR) is 86.5 cm³/mol. The van der Waals surface area contributed by atoms with E-state index in [0.717, 1.165) is 5.56 Å². The van der Waals surface area contributed by atoms with Crippen LogP contribution in [0.15, 0.2) is 23.3 Å². The summed E-state index contributed by atoms with van der Waals surface area (Å²) in [6.45, 7) is 0. The highest BCUT2D eigenvalue weighted by atomic mass is 35.5. The molecule has 0 aliphatic heterocycles. The van der Waals surface area contributed by atoms with Gasteiger partial charge < -0.3 is 10.4 Å². The van der Waals surface area contributed by atoms with E-state index in [0.29, 0.717) is 16.2 Å². The molecule has 0 unspecified atom stereocenters. The SMILES string of the molecule is Oc1ccc(/C=N\NC(=S)NC2CCCCC2)cc1Cl. The first-order chi connectivity index (χ1) is 9.65. The zero-order valence-corrected chi connectivity index (χ0v) is 12.7. The first-order valence-corrected chi connectivity index (χ1v) is 7.52. The van der Waals surface area contributed by atoms with Crippen LogP contribution in [0.1, 0.15) is 37.7 Å². The van der Waals surface area contributed by atoms with Crippen LogP contribution in [0.4, 0.5) is 0 Å². The monoisotopic (exact) mass is 311 g/mol. The average molecular weight is 312 g/mol. The molecule has 0 aromatic heterocycles. The minimum atomic E-state index is 0.0614. The lowest BCUT2D eigenvalue weighted by Gasteiger charge is -2.23. The Balaban J connectivity index is 1.79. The molecule has 6 heteroatoms. The van der Waals surface area contributed by atoms with Gasteiger partial charge in [-0.3, -0.25) is 5.43 Å². The molecule has 108 valence electrons. The summed E-state index contributed by atoms with van der Waals surface area (Å²) in [4.78, 5) is 0. The second-order valence-electron chi connectivity index (χ2n) is 4.89. The Bertz CT molecular complexity index is 501. The van der Waals surface area contributed by atoms with Crippen LogP contribution in [-0.4, -0.2) is 22.5 Å². The molecule has 4 nitrogen and oxygen atoms in total. The molecular weight excluding hydrogens is 294 g/mol. The van der Waals surface area contributed by atoms with E-state index in [-0.39, 0.29) is 5.75 Å². The average Bonchev–Trinajstić information content (AvgIpc) is 2.44. The van der Waals surface area contributed by atoms with Crippen molar-refractivity contribution in [2.24, 2.45) is 5.10 Å². The topological polar surface area (TPSA) is 56.7 Å². The molecule has 1 fully saturated rings. The molecular formula is C14H18ClN3OS. The van der Waals surface area contributed by atoms with Gasteiger partial charge in [-0.25, -0.2) is 0 Å². The van der Waals surface area contributed by atoms with E-state index in [2.05, 4.69) is 15.8 Å². The van der Waals surface area contributed by atoms with Crippen LogP contribution >= 0.6 is 23.8 Å². The third-order valence-electron chi connectivity index (χ3n) is 3.29. The molecule has 1 aromatic rings. The van der Waals surface area contributed by atoms with Crippen molar-refractivity contribution >= 4 is 35.1 Å². The van der Waals surface area contributed by atoms with Crippen molar-refractivity contribution in [3.63, 3.8) is 0 Å². The molecule has 0 radical (unpaired) electrons. The van der Waals surface area contributed by atoms with Gasteiger partial charge in [0.1, 0.15) is 5.75 Å². The standard InChI is InChI=1S/C14H18ClN3OS/c15-12-8-10(6-7-13(12)19)9-16-18-14(20)17-11-4-2-1-3-5-11/h6-9,11,19H,1-5H2,(H2,17,18,20)/b16-9-. The number of aromatic hydroxyl groups is 1. The van der Waals surface area contributed by atoms with E-state index in [1.54, 1.807) is 18.3 Å². The van der Waals surface area contributed by atoms with E-state index < -0.39 is 0 Å². The molecule has 0 bridgehead atoms. The summed E-state index contributed by atoms with van der Waals surface area (Å²) in [6, 6.07) is 5.36. The molecule has 0 amide bonds. The Morgan fingerprint density at radius 2 is 2.10 bits per heavy atom. The lowest BCUT2D eigenvalue weighted by Crippen LogP contribution is -2.40. The van der Waals surface area contributed by atoms with Crippen LogP contribution < -0.4 is 10.7 Å². The highest BCUT2D eigenvalue weighted by molar-refractivity contribution is 7.80. The fourth-order valence-corrected chi connectivity index (χ4v) is 2.64. The van der Waals surface area contributed by atoms with Gasteiger partial charge >= 0.3 is 0 Å². The Kier molecular flexibility index (Phi) is 5.61. The Morgan fingerprint density at radius 3 is 2.80 bits per heavy atom. The van der Waals surface area contributed by atoms with Crippen molar-refractivity contribution in [3.05, 3.63) is 28.8 Å². The molecule has 0 spiro atoms. The maximum absolute atomic E-state index is 9.32. The highest BCUT2D eigenvalue weighted by Crippen LogP contribution is 2.22. The van der Waals surface area contributed by atoms with Gasteiger partial charge in [-0.15, -0.1) is 0 Å². The second kappa shape index (κ2) is 7.45. The summed E-state index contributed by atoms with van der Waals surface area (Å²) in [7, 11) is 0. The fourth-order valence-electron chi connectivity index (χ4n) is 2.23. The van der Waals surface area contributed by atoms with Gasteiger partial charge in [0.2, 0.25) is 0 Å². The third kappa shape index (κ3) is 4.65. The van der Waals surface area contributed by atoms with Gasteiger partial charge in [0.05, 0.1) is 11.2 Å². The Morgan fingerprint density at radius 1 is 1.35 bits per heavy atom. The smallest absolute Gasteiger partial charge is 0.187 e. The molecule has 0 saturated heterocycles. The van der Waals surface area contributed by atoms with Crippen molar-refractivity contribution in [1.29, 1.82) is 0 Å². The number of nitrogens with one attached hydrogen (secondary N) is 2. The van der Waals surface area contributed by atoms with Gasteiger partial charge in [-0.2, -0.15) is 5.10 Å². The van der Waals surface area contributed by atoms with Crippen molar-refractivity contribution < 1.29 is 5.11 Å². The Labute approximate surface area is 129 Å². The van der Waals surface area contributed by atoms with Gasteiger partial charge in [-0.05, 0) is 48.8 Å². The molecule has 1 aliphatic rings. The molecule has 3 N–H and O–H groups in total. The third-order valence-corrected chi connectivity index (χ3v) is 3.80. The number of phenols is 1. The van der Waals surface area contributed by atoms with Gasteiger partial charge in [0.15, 0.2) is 5.11 Å². The summed E-state index contributed by atoms with van der Waals surface area (Å²) in [5.74, 6) is 0.0614. The van der Waals surface area contributed by atoms with E-state index in [1.165, 1.54) is 38.2 Å². The van der Waals surface area contributed by atoms with Gasteiger partial charge in [0.25, 0.3) is 0 Å². The molecule has 0 atom stereocenters. The zero-order chi connectivity index (χ0) is 14.4. The van der Waals surface area contributed by atoms with Crippen molar-refractivity contribution in [1.82, 2.24) is 10.7 Å². The van der Waals surface area contributed by atoms with E-state index in [4.69, 9.17) is 23.8 Å². The molecule has 0 heterocycles. The number of rotatable bonds is 3. The highest BCUT2D eigenvalue weighted by Gasteiger charge is 2.13. The first-order valence-electron chi connectivity index (χ1n) is 6.73. The molecule has 2 rings (SSSR count). The lowest BCUT2D eigenvalue weighted by atomic mass is 9.96. The minimum absolute atomic E-state index is 0.0614. The number of halogens is 1. The number of thiocarbonyl (C=S) groups is 1. The number of nitrogens with zero attached hydrogens (tertiary/aromatic N) is 1. The summed E-state index contributed by atoms with van der Waals surface area (Å²) < 4.78 is 0. The minimum Gasteiger partial charge on any atom is -0.506 e. The zero-order valence-electron chi connectivity index (χ0n) is 11.1. The largest absolute Gasteiger partial charge is 0.506 e. The van der Waals surface area contributed by atoms with E-state index >= 15 is 0 Å². The van der Waals surface area contributed by atoms with E-state index in [9.17, 15) is 5.11 Å². The number of benzene rings is 1. The maximum Gasteiger partial charge on any atom is 0.187 e. The maximum atomic E-state index is 9.32. The predicted octanol–water partition coefficient (Wildman–Crippen LogP) is 3.18. The van der Waals surface area contributed by atoms with Gasteiger partial charge in [0, 0.05) is 6.04 Å². The fraction of sp³-hybridized carbons (Fsp3) is 0.429. The quantitative estimate of drug-likeness (QED) is 0.456. The summed E-state index contributed by atoms with van der Waals surface area (Å²) in [5, 5.41) is 17.5. The second-order valence-corrected chi connectivity index (χ2v) is 5.70. The van der Waals surface area contributed by atoms with Crippen LogP contribution in [0.25, 0.3) is 0 Å². The van der Waals surface area contributed by atoms with Gasteiger partial charge in [-0.1, -0.05) is 30.9 Å². The molecule has 1 saturated carbocycles. The van der Waals surface area contributed by atoms with Crippen LogP contribution in [0.5, 0.6) is 5.75 Å². The molecule has 1 aromatic carbocycles. The first kappa shape index (κ1) is 15.1. The number of hydrogen-bond donors (Lipinski definition) is 3. The Hall–Kier alpha value is -1.33. The summed E-state index contributed by atoms with van der Waals surface area (Å²) >= 11 is 11.0. The normalized spacial score (nSPS) is 16.2. The van der Waals surface area contributed by atoms with Crippen LogP contribution in [0.3, 0.4) is 0 Å². The molecule has 1 aliphatic carbocycles. The van der Waals surface area contributed by atoms with Crippen molar-refractivity contribution in [3.8, 4) is 5.75 Å². The molecule has 20 heavy (non-hydrogen) atoms. The van der Waals surface area contributed by atoms with Crippen LogP contribution in [0.2, 0.25) is 5.02 Å². The summed E-state index contributed by atoms with van der Waals surface area (Å²) in [5.41, 5.74) is 3.59. The van der Waals surface area contributed by atoms with E-state index in [1.807, 2.05) is 0 Å².